The van der Waals surface area contributed by atoms with Crippen LogP contribution in [0, 0.1) is 0 Å². The van der Waals surface area contributed by atoms with Crippen LogP contribution in [0.4, 0.5) is 0 Å². The predicted molar refractivity (Wildman–Crippen MR) is 191 cm³/mol. The number of ether oxygens (including phenoxy) is 7. The molecule has 4 atom stereocenters. The van der Waals surface area contributed by atoms with E-state index in [1.165, 1.54) is 0 Å². The molecule has 0 aromatic heterocycles. The Balaban J connectivity index is 1.63. The topological polar surface area (TPSA) is 133 Å². The molecule has 0 amide bonds. The second-order valence-electron chi connectivity index (χ2n) is 11.7. The number of unbranched alkanes of at least 4 members (excludes halogenated alkanes) is 2. The molecule has 0 aliphatic heterocycles. The summed E-state index contributed by atoms with van der Waals surface area (Å²) in [5.41, 5.74) is 1.11. The van der Waals surface area contributed by atoms with Gasteiger partial charge in [0, 0.05) is 20.3 Å². The molecule has 0 saturated carbocycles. The van der Waals surface area contributed by atoms with Crippen LogP contribution in [0.3, 0.4) is 0 Å². The Hall–Kier alpha value is -5.36. The van der Waals surface area contributed by atoms with Crippen molar-refractivity contribution < 1.29 is 52.3 Å². The fourth-order valence-corrected chi connectivity index (χ4v) is 4.91. The molecular formula is C41H44O11. The number of methoxy groups -OCH3 is 1. The summed E-state index contributed by atoms with van der Waals surface area (Å²) in [5, 5.41) is 0. The highest BCUT2D eigenvalue weighted by Crippen LogP contribution is 2.19. The first-order chi connectivity index (χ1) is 25.4. The Kier molecular flexibility index (Phi) is 16.5. The average Bonchev–Trinajstić information content (AvgIpc) is 3.19. The van der Waals surface area contributed by atoms with E-state index >= 15 is 0 Å². The van der Waals surface area contributed by atoms with Gasteiger partial charge < -0.3 is 33.2 Å². The lowest BCUT2D eigenvalue weighted by molar-refractivity contribution is -0.236. The number of hydrogen-bond acceptors (Lipinski definition) is 11. The summed E-state index contributed by atoms with van der Waals surface area (Å²) in [6.45, 7) is 1.49. The van der Waals surface area contributed by atoms with Gasteiger partial charge in [-0.05, 0) is 74.7 Å². The van der Waals surface area contributed by atoms with Crippen molar-refractivity contribution in [2.75, 3.05) is 33.5 Å². The number of esters is 4. The summed E-state index contributed by atoms with van der Waals surface area (Å²) in [4.78, 5) is 52.6. The lowest BCUT2D eigenvalue weighted by Gasteiger charge is -2.32. The molecule has 4 aromatic carbocycles. The highest BCUT2D eigenvalue weighted by Gasteiger charge is 2.35. The largest absolute Gasteiger partial charge is 0.459 e. The van der Waals surface area contributed by atoms with Gasteiger partial charge in [-0.1, -0.05) is 72.8 Å². The van der Waals surface area contributed by atoms with Crippen molar-refractivity contribution in [3.8, 4) is 0 Å². The third kappa shape index (κ3) is 13.1. The lowest BCUT2D eigenvalue weighted by Crippen LogP contribution is -2.46. The van der Waals surface area contributed by atoms with E-state index in [-0.39, 0.29) is 23.3 Å². The third-order valence-electron chi connectivity index (χ3n) is 7.73. The van der Waals surface area contributed by atoms with E-state index in [0.29, 0.717) is 18.6 Å². The van der Waals surface area contributed by atoms with Crippen molar-refractivity contribution in [3.63, 3.8) is 0 Å². The van der Waals surface area contributed by atoms with Gasteiger partial charge in [0.2, 0.25) is 0 Å². The van der Waals surface area contributed by atoms with E-state index in [9.17, 15) is 19.2 Å². The summed E-state index contributed by atoms with van der Waals surface area (Å²) in [7, 11) is 1.63. The van der Waals surface area contributed by atoms with Crippen LogP contribution in [0.2, 0.25) is 0 Å². The third-order valence-corrected chi connectivity index (χ3v) is 7.73. The predicted octanol–water partition coefficient (Wildman–Crippen LogP) is 6.72. The highest BCUT2D eigenvalue weighted by atomic mass is 16.7. The van der Waals surface area contributed by atoms with Gasteiger partial charge in [-0.2, -0.15) is 0 Å². The zero-order valence-electron chi connectivity index (χ0n) is 29.3. The molecule has 0 fully saturated rings. The van der Waals surface area contributed by atoms with Crippen LogP contribution in [0.5, 0.6) is 0 Å². The Morgan fingerprint density at radius 1 is 0.500 bits per heavy atom. The lowest BCUT2D eigenvalue weighted by atomic mass is 10.2. The number of benzene rings is 4. The molecule has 1 unspecified atom stereocenters. The van der Waals surface area contributed by atoms with Crippen LogP contribution in [-0.4, -0.2) is 82.0 Å². The fraction of sp³-hybridized carbons (Fsp3) is 0.317. The van der Waals surface area contributed by atoms with Crippen LogP contribution < -0.4 is 0 Å². The highest BCUT2D eigenvalue weighted by molar-refractivity contribution is 5.91. The van der Waals surface area contributed by atoms with Crippen molar-refractivity contribution in [1.29, 1.82) is 0 Å². The van der Waals surface area contributed by atoms with Gasteiger partial charge in [-0.15, -0.1) is 0 Å². The minimum atomic E-state index is -1.31. The molecule has 4 rings (SSSR count). The molecule has 4 aromatic rings. The maximum Gasteiger partial charge on any atom is 0.338 e. The monoisotopic (exact) mass is 712 g/mol. The van der Waals surface area contributed by atoms with E-state index in [4.69, 9.17) is 33.2 Å². The molecule has 0 radical (unpaired) electrons. The molecule has 52 heavy (non-hydrogen) atoms. The second kappa shape index (κ2) is 21.8. The molecule has 11 nitrogen and oxygen atoms in total. The van der Waals surface area contributed by atoms with Crippen LogP contribution in [0.25, 0.3) is 0 Å². The van der Waals surface area contributed by atoms with Gasteiger partial charge in [0.05, 0.1) is 22.3 Å². The quantitative estimate of drug-likeness (QED) is 0.0395. The first-order valence-corrected chi connectivity index (χ1v) is 17.1. The molecule has 0 bridgehead atoms. The molecule has 0 heterocycles. The minimum absolute atomic E-state index is 0.218. The molecule has 0 aliphatic rings. The normalized spacial score (nSPS) is 13.2. The van der Waals surface area contributed by atoms with Crippen LogP contribution in [-0.2, 0) is 33.2 Å². The number of hydrogen-bond donors (Lipinski definition) is 0. The second-order valence-corrected chi connectivity index (χ2v) is 11.7. The zero-order chi connectivity index (χ0) is 37.0. The Labute approximate surface area is 303 Å². The van der Waals surface area contributed by atoms with Crippen molar-refractivity contribution in [2.24, 2.45) is 0 Å². The zero-order valence-corrected chi connectivity index (χ0v) is 29.3. The van der Waals surface area contributed by atoms with E-state index < -0.39 is 61.7 Å². The van der Waals surface area contributed by atoms with Gasteiger partial charge in [0.1, 0.15) is 19.3 Å². The number of rotatable bonds is 21. The molecule has 0 N–H and O–H groups in total. The van der Waals surface area contributed by atoms with Crippen LogP contribution in [0.1, 0.15) is 67.6 Å². The van der Waals surface area contributed by atoms with Crippen molar-refractivity contribution >= 4 is 23.9 Å². The summed E-state index contributed by atoms with van der Waals surface area (Å²) in [5.74, 6) is -2.68. The minimum Gasteiger partial charge on any atom is -0.459 e. The van der Waals surface area contributed by atoms with Crippen molar-refractivity contribution in [3.05, 3.63) is 144 Å². The number of carbonyl (C=O) groups excluding carboxylic acids is 4. The fourth-order valence-electron chi connectivity index (χ4n) is 4.91. The van der Waals surface area contributed by atoms with Gasteiger partial charge in [-0.3, -0.25) is 0 Å². The molecule has 11 heteroatoms. The molecule has 0 spiro atoms. The van der Waals surface area contributed by atoms with Crippen molar-refractivity contribution in [2.45, 2.75) is 50.8 Å². The maximum absolute atomic E-state index is 13.4. The molecule has 0 saturated heterocycles. The van der Waals surface area contributed by atoms with E-state index in [1.807, 2.05) is 0 Å². The summed E-state index contributed by atoms with van der Waals surface area (Å²) < 4.78 is 40.7. The van der Waals surface area contributed by atoms with E-state index in [1.54, 1.807) is 135 Å². The first kappa shape index (κ1) is 39.4. The SMILES string of the molecule is COCCCCCO[C@H](OC(COC(=O)c1ccccc1)[C@@H](COC(=O)c1ccccc1)OC(=O)c1ccccc1)[C@H](C)OC(=O)c1ccccc1. The van der Waals surface area contributed by atoms with Crippen molar-refractivity contribution in [1.82, 2.24) is 0 Å². The molecule has 274 valence electrons. The standard InChI is InChI=1S/C41H44O11/c1-30(50-39(44)33-22-12-5-13-23-33)41(47-27-17-7-16-26-46-2)52-36(29-49-38(43)32-20-10-4-11-21-32)35(51-40(45)34-24-14-6-15-25-34)28-48-37(42)31-18-8-3-9-19-31/h3-6,8-15,18-25,30,35-36,41H,7,16-17,26-29H2,1-2H3/t30-,35+,36?,41+/m0/s1. The Morgan fingerprint density at radius 2 is 0.904 bits per heavy atom. The molecule has 0 aliphatic carbocycles. The number of carbonyl (C=O) groups is 4. The van der Waals surface area contributed by atoms with Gasteiger partial charge in [-0.25, -0.2) is 19.2 Å². The average molecular weight is 713 g/mol. The van der Waals surface area contributed by atoms with E-state index in [2.05, 4.69) is 0 Å². The van der Waals surface area contributed by atoms with Crippen LogP contribution in [0.15, 0.2) is 121 Å². The Bertz CT molecular complexity index is 1650. The van der Waals surface area contributed by atoms with Gasteiger partial charge >= 0.3 is 23.9 Å². The van der Waals surface area contributed by atoms with Gasteiger partial charge in [0.15, 0.2) is 18.5 Å². The van der Waals surface area contributed by atoms with E-state index in [0.717, 1.165) is 12.8 Å². The smallest absolute Gasteiger partial charge is 0.338 e. The van der Waals surface area contributed by atoms with Gasteiger partial charge in [0.25, 0.3) is 0 Å². The first-order valence-electron chi connectivity index (χ1n) is 17.1. The Morgan fingerprint density at radius 3 is 1.37 bits per heavy atom. The maximum atomic E-state index is 13.4. The molecular weight excluding hydrogens is 668 g/mol. The summed E-state index contributed by atoms with van der Waals surface area (Å²) in [6.07, 6.45) is -2.54. The summed E-state index contributed by atoms with van der Waals surface area (Å²) in [6, 6.07) is 33.3. The summed E-state index contributed by atoms with van der Waals surface area (Å²) >= 11 is 0. The van der Waals surface area contributed by atoms with Crippen LogP contribution >= 0.6 is 0 Å².